The molecule has 3 aliphatic rings. The lowest BCUT2D eigenvalue weighted by Crippen LogP contribution is -2.28. The molecule has 1 aromatic rings. The highest BCUT2D eigenvalue weighted by molar-refractivity contribution is 7.91. The minimum Gasteiger partial charge on any atom is -0.490 e. The van der Waals surface area contributed by atoms with Gasteiger partial charge in [0, 0.05) is 12.0 Å². The summed E-state index contributed by atoms with van der Waals surface area (Å²) in [6.45, 7) is 0.792. The Hall–Kier alpha value is -2.42. The minimum atomic E-state index is -3.32. The van der Waals surface area contributed by atoms with E-state index in [0.717, 1.165) is 31.2 Å². The van der Waals surface area contributed by atoms with Crippen molar-refractivity contribution >= 4 is 21.8 Å². The van der Waals surface area contributed by atoms with Gasteiger partial charge >= 0.3 is 6.03 Å². The van der Waals surface area contributed by atoms with Gasteiger partial charge in [0.05, 0.1) is 18.1 Å². The van der Waals surface area contributed by atoms with Gasteiger partial charge in [0.2, 0.25) is 5.91 Å². The number of urea groups is 1. The van der Waals surface area contributed by atoms with E-state index in [1.165, 1.54) is 11.0 Å². The molecule has 0 radical (unpaired) electrons. The molecule has 1 N–H and O–H groups in total. The zero-order valence-electron chi connectivity index (χ0n) is 17.3. The molecule has 2 aliphatic carbocycles. The lowest BCUT2D eigenvalue weighted by molar-refractivity contribution is -0.118. The van der Waals surface area contributed by atoms with Crippen molar-refractivity contribution in [1.82, 2.24) is 10.2 Å². The third-order valence-corrected chi connectivity index (χ3v) is 7.87. The summed E-state index contributed by atoms with van der Waals surface area (Å²) in [5.74, 6) is -0.000906. The number of sulfone groups is 1. The number of halogens is 1. The lowest BCUT2D eigenvalue weighted by atomic mass is 9.98. The molecule has 1 saturated heterocycles. The van der Waals surface area contributed by atoms with Gasteiger partial charge in [0.15, 0.2) is 21.4 Å². The van der Waals surface area contributed by atoms with E-state index in [1.54, 1.807) is 24.3 Å². The maximum Gasteiger partial charge on any atom is 0.324 e. The van der Waals surface area contributed by atoms with Crippen LogP contribution >= 0.6 is 0 Å². The molecule has 1 heterocycles. The molecule has 0 atom stereocenters. The molecular weight excluding hydrogens is 423 g/mol. The molecule has 1 aliphatic heterocycles. The van der Waals surface area contributed by atoms with Crippen molar-refractivity contribution < 1.29 is 27.1 Å². The Morgan fingerprint density at radius 2 is 2.00 bits per heavy atom. The van der Waals surface area contributed by atoms with Gasteiger partial charge in [-0.05, 0) is 55.7 Å². The topological polar surface area (TPSA) is 92.8 Å². The second-order valence-corrected chi connectivity index (χ2v) is 10.9. The van der Waals surface area contributed by atoms with E-state index in [-0.39, 0.29) is 36.3 Å². The Balaban J connectivity index is 1.30. The van der Waals surface area contributed by atoms with Crippen LogP contribution in [0.25, 0.3) is 0 Å². The number of nitrogens with zero attached hydrogens (tertiary/aromatic N) is 1. The van der Waals surface area contributed by atoms with Crippen molar-refractivity contribution in [3.63, 3.8) is 0 Å². The highest BCUT2D eigenvalue weighted by atomic mass is 32.2. The van der Waals surface area contributed by atoms with E-state index in [9.17, 15) is 22.4 Å². The normalized spacial score (nSPS) is 20.4. The second kappa shape index (κ2) is 8.61. The molecule has 168 valence electrons. The highest BCUT2D eigenvalue weighted by Gasteiger charge is 2.47. The second-order valence-electron chi connectivity index (χ2n) is 8.77. The zero-order valence-corrected chi connectivity index (χ0v) is 18.1. The van der Waals surface area contributed by atoms with Gasteiger partial charge in [-0.25, -0.2) is 17.6 Å². The van der Waals surface area contributed by atoms with E-state index in [2.05, 4.69) is 5.32 Å². The van der Waals surface area contributed by atoms with E-state index < -0.39 is 27.1 Å². The first-order valence-electron chi connectivity index (χ1n) is 10.6. The van der Waals surface area contributed by atoms with Crippen molar-refractivity contribution in [1.29, 1.82) is 0 Å². The molecule has 0 bridgehead atoms. The Labute approximate surface area is 181 Å². The van der Waals surface area contributed by atoms with Crippen LogP contribution in [0.3, 0.4) is 0 Å². The van der Waals surface area contributed by atoms with Crippen molar-refractivity contribution in [2.24, 2.45) is 5.92 Å². The Morgan fingerprint density at radius 1 is 1.23 bits per heavy atom. The summed E-state index contributed by atoms with van der Waals surface area (Å²) in [4.78, 5) is 24.0. The number of nitrogens with one attached hydrogen (secondary N) is 1. The van der Waals surface area contributed by atoms with Crippen molar-refractivity contribution in [3.8, 4) is 5.75 Å². The van der Waals surface area contributed by atoms with Gasteiger partial charge in [-0.3, -0.25) is 10.1 Å². The maximum atomic E-state index is 14.1. The summed E-state index contributed by atoms with van der Waals surface area (Å²) in [7, 11) is -3.32. The summed E-state index contributed by atoms with van der Waals surface area (Å²) >= 11 is 0. The molecule has 1 aromatic carbocycles. The first-order valence-corrected chi connectivity index (χ1v) is 12.5. The van der Waals surface area contributed by atoms with Gasteiger partial charge in [-0.2, -0.15) is 0 Å². The van der Waals surface area contributed by atoms with Gasteiger partial charge in [-0.15, -0.1) is 0 Å². The van der Waals surface area contributed by atoms with Crippen molar-refractivity contribution in [3.05, 3.63) is 41.7 Å². The number of amides is 3. The minimum absolute atomic E-state index is 0.00259. The lowest BCUT2D eigenvalue weighted by Gasteiger charge is -2.17. The molecule has 0 aromatic heterocycles. The number of carbonyl (C=O) groups excluding carboxylic acids is 2. The van der Waals surface area contributed by atoms with Gasteiger partial charge < -0.3 is 9.64 Å². The van der Waals surface area contributed by atoms with Crippen LogP contribution in [-0.4, -0.2) is 56.5 Å². The van der Waals surface area contributed by atoms with Crippen molar-refractivity contribution in [2.45, 2.75) is 37.5 Å². The third kappa shape index (κ3) is 5.64. The number of benzene rings is 1. The van der Waals surface area contributed by atoms with Crippen LogP contribution in [0.4, 0.5) is 9.18 Å². The number of hydrogen-bond donors (Lipinski definition) is 1. The molecule has 0 spiro atoms. The molecule has 9 heteroatoms. The summed E-state index contributed by atoms with van der Waals surface area (Å²) in [6.07, 6.45) is 7.49. The largest absolute Gasteiger partial charge is 0.490 e. The predicted octanol–water partition coefficient (Wildman–Crippen LogP) is 2.56. The average Bonchev–Trinajstić information content (AvgIpc) is 3.62. The molecule has 3 amide bonds. The summed E-state index contributed by atoms with van der Waals surface area (Å²) in [6, 6.07) is 4.27. The predicted molar refractivity (Wildman–Crippen MR) is 113 cm³/mol. The van der Waals surface area contributed by atoms with Crippen LogP contribution in [0, 0.1) is 11.7 Å². The summed E-state index contributed by atoms with van der Waals surface area (Å²) < 4.78 is 45.1. The Kier molecular flexibility index (Phi) is 6.05. The summed E-state index contributed by atoms with van der Waals surface area (Å²) in [5.41, 5.74) is 0.366. The molecule has 3 fully saturated rings. The number of carbonyl (C=O) groups is 2. The van der Waals surface area contributed by atoms with Gasteiger partial charge in [0.1, 0.15) is 6.54 Å². The SMILES string of the molecule is O=C1CN(C/C=C/CCS(=O)(=O)CC2(c3ccc(F)c(OCC4CC4)c3)CC2)C(=O)N1. The number of imide groups is 1. The first kappa shape index (κ1) is 21.8. The quantitative estimate of drug-likeness (QED) is 0.413. The molecule has 2 saturated carbocycles. The number of hydrogen-bond acceptors (Lipinski definition) is 5. The van der Waals surface area contributed by atoms with Gasteiger partial charge in [-0.1, -0.05) is 18.2 Å². The van der Waals surface area contributed by atoms with Crippen LogP contribution in [0.5, 0.6) is 5.75 Å². The molecular formula is C22H27FN2O5S. The summed E-state index contributed by atoms with van der Waals surface area (Å²) in [5, 5.41) is 2.19. The van der Waals surface area contributed by atoms with Crippen LogP contribution < -0.4 is 10.1 Å². The maximum absolute atomic E-state index is 14.1. The number of rotatable bonds is 11. The zero-order chi connectivity index (χ0) is 22.1. The molecule has 0 unspecified atom stereocenters. The van der Waals surface area contributed by atoms with E-state index >= 15 is 0 Å². The van der Waals surface area contributed by atoms with E-state index in [4.69, 9.17) is 4.74 Å². The number of ether oxygens (including phenoxy) is 1. The van der Waals surface area contributed by atoms with Crippen LogP contribution in [-0.2, 0) is 20.0 Å². The molecule has 4 rings (SSSR count). The van der Waals surface area contributed by atoms with E-state index in [0.29, 0.717) is 18.9 Å². The van der Waals surface area contributed by atoms with Crippen LogP contribution in [0.2, 0.25) is 0 Å². The molecule has 31 heavy (non-hydrogen) atoms. The Morgan fingerprint density at radius 3 is 2.65 bits per heavy atom. The van der Waals surface area contributed by atoms with Crippen LogP contribution in [0.1, 0.15) is 37.7 Å². The van der Waals surface area contributed by atoms with Gasteiger partial charge in [0.25, 0.3) is 0 Å². The van der Waals surface area contributed by atoms with Crippen molar-refractivity contribution in [2.75, 3.05) is 31.2 Å². The fourth-order valence-electron chi connectivity index (χ4n) is 3.79. The monoisotopic (exact) mass is 450 g/mol. The average molecular weight is 451 g/mol. The van der Waals surface area contributed by atoms with E-state index in [1.807, 2.05) is 0 Å². The fourth-order valence-corrected chi connectivity index (χ4v) is 5.73. The first-order chi connectivity index (χ1) is 14.8. The highest BCUT2D eigenvalue weighted by Crippen LogP contribution is 2.50. The fraction of sp³-hybridized carbons (Fsp3) is 0.545. The number of allylic oxidation sites excluding steroid dienone is 1. The smallest absolute Gasteiger partial charge is 0.324 e. The van der Waals surface area contributed by atoms with Crippen LogP contribution in [0.15, 0.2) is 30.4 Å². The molecule has 7 nitrogen and oxygen atoms in total. The Bertz CT molecular complexity index is 999. The standard InChI is InChI=1S/C22H27FN2O5S/c23-18-7-6-17(12-19(18)30-14-16-4-5-16)22(8-9-22)15-31(28,29)11-3-1-2-10-25-13-20(26)24-21(25)27/h1-2,6-7,12,16H,3-5,8-11,13-15H2,(H,24,26,27)/b2-1+. The third-order valence-electron chi connectivity index (χ3n) is 6.02.